The molecule has 150 valence electrons. The maximum atomic E-state index is 12.8. The van der Waals surface area contributed by atoms with Crippen LogP contribution < -0.4 is 16.6 Å². The van der Waals surface area contributed by atoms with Crippen LogP contribution in [0.3, 0.4) is 0 Å². The number of fused-ring (bicyclic) bond motifs is 2. The van der Waals surface area contributed by atoms with Gasteiger partial charge in [0, 0.05) is 12.6 Å². The Kier molecular flexibility index (Phi) is 4.40. The van der Waals surface area contributed by atoms with E-state index in [-0.39, 0.29) is 11.5 Å². The lowest BCUT2D eigenvalue weighted by Crippen LogP contribution is -2.12. The molecule has 0 spiro atoms. The van der Waals surface area contributed by atoms with Gasteiger partial charge in [0.05, 0.1) is 27.5 Å². The van der Waals surface area contributed by atoms with Crippen LogP contribution >= 0.6 is 0 Å². The predicted molar refractivity (Wildman–Crippen MR) is 105 cm³/mol. The standard InChI is InChI=1S/C19H17F3N6O/c1-24-18-25-13-8-12-14(26-17(23)28-16(12)29)11(15(13)27-18)7-4-9-2-5-10(6-3-9)19(20,21)22/h2-3,5-6,8H,4,7H2,1H3,(H2,24,25,27)(H3,23,26,28,29). The van der Waals surface area contributed by atoms with Crippen LogP contribution in [0.15, 0.2) is 35.1 Å². The number of aryl methyl sites for hydroxylation is 2. The van der Waals surface area contributed by atoms with E-state index >= 15 is 0 Å². The molecule has 2 aromatic carbocycles. The SMILES string of the molecule is CNc1nc2c(CCc3ccc(C(F)(F)F)cc3)c3nc(N)[nH]c(=O)c3cc2[nH]1. The maximum Gasteiger partial charge on any atom is 0.416 e. The van der Waals surface area contributed by atoms with Gasteiger partial charge >= 0.3 is 6.18 Å². The summed E-state index contributed by atoms with van der Waals surface area (Å²) < 4.78 is 38.3. The van der Waals surface area contributed by atoms with Crippen molar-refractivity contribution in [3.8, 4) is 0 Å². The second-order valence-corrected chi connectivity index (χ2v) is 6.63. The van der Waals surface area contributed by atoms with E-state index in [9.17, 15) is 18.0 Å². The normalized spacial score (nSPS) is 12.0. The van der Waals surface area contributed by atoms with E-state index in [4.69, 9.17) is 5.73 Å². The highest BCUT2D eigenvalue weighted by Crippen LogP contribution is 2.30. The molecule has 0 radical (unpaired) electrons. The molecule has 5 N–H and O–H groups in total. The molecule has 7 nitrogen and oxygen atoms in total. The molecule has 0 aliphatic carbocycles. The molecular weight excluding hydrogens is 385 g/mol. The molecule has 0 aliphatic rings. The molecule has 0 amide bonds. The highest BCUT2D eigenvalue weighted by Gasteiger charge is 2.29. The molecule has 4 rings (SSSR count). The summed E-state index contributed by atoms with van der Waals surface area (Å²) in [6.45, 7) is 0. The first kappa shape index (κ1) is 18.8. The summed E-state index contributed by atoms with van der Waals surface area (Å²) in [5, 5.41) is 3.28. The van der Waals surface area contributed by atoms with Gasteiger partial charge in [-0.15, -0.1) is 0 Å². The third-order valence-electron chi connectivity index (χ3n) is 4.75. The fourth-order valence-corrected chi connectivity index (χ4v) is 3.33. The van der Waals surface area contributed by atoms with Crippen molar-refractivity contribution in [2.75, 3.05) is 18.1 Å². The van der Waals surface area contributed by atoms with Gasteiger partial charge in [-0.05, 0) is 36.6 Å². The Labute approximate surface area is 162 Å². The van der Waals surface area contributed by atoms with Crippen molar-refractivity contribution in [1.29, 1.82) is 0 Å². The van der Waals surface area contributed by atoms with Crippen LogP contribution in [0.25, 0.3) is 21.9 Å². The first-order valence-electron chi connectivity index (χ1n) is 8.81. The molecule has 2 heterocycles. The third kappa shape index (κ3) is 3.48. The number of aromatic nitrogens is 4. The van der Waals surface area contributed by atoms with Crippen LogP contribution in [0.5, 0.6) is 0 Å². The van der Waals surface area contributed by atoms with Crippen molar-refractivity contribution in [1.82, 2.24) is 19.9 Å². The predicted octanol–water partition coefficient (Wildman–Crippen LogP) is 3.23. The van der Waals surface area contributed by atoms with E-state index in [1.54, 1.807) is 13.1 Å². The topological polar surface area (TPSA) is 112 Å². The van der Waals surface area contributed by atoms with Crippen molar-refractivity contribution in [3.05, 3.63) is 57.4 Å². The van der Waals surface area contributed by atoms with Gasteiger partial charge in [-0.25, -0.2) is 9.97 Å². The Bertz CT molecular complexity index is 1260. The molecule has 10 heteroatoms. The Morgan fingerprint density at radius 1 is 1.07 bits per heavy atom. The summed E-state index contributed by atoms with van der Waals surface area (Å²) in [7, 11) is 1.71. The Balaban J connectivity index is 1.78. The molecule has 0 bridgehead atoms. The number of nitrogens with zero attached hydrogens (tertiary/aromatic N) is 2. The molecule has 0 atom stereocenters. The maximum absolute atomic E-state index is 12.8. The van der Waals surface area contributed by atoms with Gasteiger partial charge in [0.1, 0.15) is 0 Å². The number of benzene rings is 2. The molecule has 0 unspecified atom stereocenters. The average Bonchev–Trinajstić information content (AvgIpc) is 3.08. The summed E-state index contributed by atoms with van der Waals surface area (Å²) in [6, 6.07) is 6.67. The van der Waals surface area contributed by atoms with Crippen LogP contribution in [-0.4, -0.2) is 27.0 Å². The summed E-state index contributed by atoms with van der Waals surface area (Å²) in [6.07, 6.45) is -3.51. The number of halogens is 3. The van der Waals surface area contributed by atoms with Crippen LogP contribution in [0.4, 0.5) is 25.1 Å². The first-order chi connectivity index (χ1) is 13.8. The minimum Gasteiger partial charge on any atom is -0.369 e. The minimum absolute atomic E-state index is 0.0120. The van der Waals surface area contributed by atoms with Crippen LogP contribution in [-0.2, 0) is 19.0 Å². The molecule has 0 fully saturated rings. The number of hydrogen-bond donors (Lipinski definition) is 4. The van der Waals surface area contributed by atoms with E-state index in [1.165, 1.54) is 12.1 Å². The van der Waals surface area contributed by atoms with Gasteiger partial charge in [-0.2, -0.15) is 13.2 Å². The van der Waals surface area contributed by atoms with E-state index in [2.05, 4.69) is 25.3 Å². The summed E-state index contributed by atoms with van der Waals surface area (Å²) >= 11 is 0. The number of H-pyrrole nitrogens is 2. The van der Waals surface area contributed by atoms with E-state index in [0.717, 1.165) is 17.7 Å². The number of nitrogen functional groups attached to an aromatic ring is 1. The van der Waals surface area contributed by atoms with Crippen molar-refractivity contribution in [2.45, 2.75) is 19.0 Å². The highest BCUT2D eigenvalue weighted by atomic mass is 19.4. The van der Waals surface area contributed by atoms with Gasteiger partial charge in [-0.1, -0.05) is 12.1 Å². The van der Waals surface area contributed by atoms with Gasteiger partial charge in [0.15, 0.2) is 0 Å². The quantitative estimate of drug-likeness (QED) is 0.419. The summed E-state index contributed by atoms with van der Waals surface area (Å²) in [4.78, 5) is 26.7. The molecule has 0 saturated heterocycles. The lowest BCUT2D eigenvalue weighted by molar-refractivity contribution is -0.137. The number of nitrogens with two attached hydrogens (primary N) is 1. The Morgan fingerprint density at radius 3 is 2.45 bits per heavy atom. The molecule has 0 saturated carbocycles. The monoisotopic (exact) mass is 402 g/mol. The van der Waals surface area contributed by atoms with Crippen molar-refractivity contribution in [3.63, 3.8) is 0 Å². The lowest BCUT2D eigenvalue weighted by atomic mass is 9.99. The largest absolute Gasteiger partial charge is 0.416 e. The lowest BCUT2D eigenvalue weighted by Gasteiger charge is -2.09. The molecule has 0 aliphatic heterocycles. The number of hydrogen-bond acceptors (Lipinski definition) is 5. The molecule has 4 aromatic rings. The Morgan fingerprint density at radius 2 is 1.79 bits per heavy atom. The van der Waals surface area contributed by atoms with Crippen molar-refractivity contribution >= 4 is 33.8 Å². The second kappa shape index (κ2) is 6.80. The van der Waals surface area contributed by atoms with Crippen LogP contribution in [0, 0.1) is 0 Å². The Hall–Kier alpha value is -3.56. The second-order valence-electron chi connectivity index (χ2n) is 6.63. The van der Waals surface area contributed by atoms with E-state index in [1.807, 2.05) is 0 Å². The van der Waals surface area contributed by atoms with Crippen molar-refractivity contribution in [2.24, 2.45) is 0 Å². The number of aromatic amines is 2. The van der Waals surface area contributed by atoms with Gasteiger partial charge in [-0.3, -0.25) is 9.78 Å². The fourth-order valence-electron chi connectivity index (χ4n) is 3.33. The van der Waals surface area contributed by atoms with E-state index in [0.29, 0.717) is 46.3 Å². The molecule has 2 aromatic heterocycles. The first-order valence-corrected chi connectivity index (χ1v) is 8.81. The van der Waals surface area contributed by atoms with Crippen LogP contribution in [0.1, 0.15) is 16.7 Å². The third-order valence-corrected chi connectivity index (χ3v) is 4.75. The number of rotatable bonds is 4. The minimum atomic E-state index is -4.37. The highest BCUT2D eigenvalue weighted by molar-refractivity contribution is 5.98. The van der Waals surface area contributed by atoms with Crippen molar-refractivity contribution < 1.29 is 13.2 Å². The zero-order valence-corrected chi connectivity index (χ0v) is 15.3. The summed E-state index contributed by atoms with van der Waals surface area (Å²) in [5.74, 6) is 0.512. The van der Waals surface area contributed by atoms with Crippen LogP contribution in [0.2, 0.25) is 0 Å². The van der Waals surface area contributed by atoms with Gasteiger partial charge < -0.3 is 16.0 Å². The summed E-state index contributed by atoms with van der Waals surface area (Å²) in [5.41, 5.74) is 7.80. The van der Waals surface area contributed by atoms with E-state index < -0.39 is 11.7 Å². The number of alkyl halides is 3. The molecular formula is C19H17F3N6O. The zero-order valence-electron chi connectivity index (χ0n) is 15.3. The average molecular weight is 402 g/mol. The van der Waals surface area contributed by atoms with Gasteiger partial charge in [0.2, 0.25) is 11.9 Å². The smallest absolute Gasteiger partial charge is 0.369 e. The van der Waals surface area contributed by atoms with Gasteiger partial charge in [0.25, 0.3) is 5.56 Å². The fraction of sp³-hybridized carbons (Fsp3) is 0.211. The number of nitrogens with one attached hydrogen (secondary N) is 3. The number of imidazole rings is 1. The zero-order chi connectivity index (χ0) is 20.8. The number of anilines is 2. The molecule has 29 heavy (non-hydrogen) atoms.